The molecule has 1 aliphatic rings. The Bertz CT molecular complexity index is 486. The van der Waals surface area contributed by atoms with Gasteiger partial charge >= 0.3 is 12.1 Å². The average molecular weight is 285 g/mol. The summed E-state index contributed by atoms with van der Waals surface area (Å²) >= 11 is 5.85. The SMILES string of the molecule is O=C(O)C1CC(Nc2cccc(Cl)c2)CN1C(=O)O. The molecule has 0 aromatic heterocycles. The second-order valence-electron chi connectivity index (χ2n) is 4.38. The normalized spacial score (nSPS) is 22.3. The predicted molar refractivity (Wildman–Crippen MR) is 69.6 cm³/mol. The summed E-state index contributed by atoms with van der Waals surface area (Å²) < 4.78 is 0. The Labute approximate surface area is 114 Å². The summed E-state index contributed by atoms with van der Waals surface area (Å²) in [5.41, 5.74) is 0.744. The zero-order valence-electron chi connectivity index (χ0n) is 9.91. The third-order valence-electron chi connectivity index (χ3n) is 3.03. The number of carboxylic acids is 1. The first-order valence-corrected chi connectivity index (χ1v) is 6.09. The van der Waals surface area contributed by atoms with E-state index in [9.17, 15) is 9.59 Å². The number of nitrogens with one attached hydrogen (secondary N) is 1. The molecule has 2 unspecified atom stereocenters. The number of carboxylic acid groups (broad SMARTS) is 2. The highest BCUT2D eigenvalue weighted by Crippen LogP contribution is 2.23. The highest BCUT2D eigenvalue weighted by atomic mass is 35.5. The van der Waals surface area contributed by atoms with Crippen molar-refractivity contribution in [2.24, 2.45) is 0 Å². The average Bonchev–Trinajstić information content (AvgIpc) is 2.73. The molecule has 0 bridgehead atoms. The van der Waals surface area contributed by atoms with Gasteiger partial charge in [-0.05, 0) is 18.2 Å². The summed E-state index contributed by atoms with van der Waals surface area (Å²) in [6.07, 6.45) is -0.989. The number of rotatable bonds is 3. The third-order valence-corrected chi connectivity index (χ3v) is 3.26. The standard InChI is InChI=1S/C12H13ClN2O4/c13-7-2-1-3-8(4-7)14-9-5-10(11(16)17)15(6-9)12(18)19/h1-4,9-10,14H,5-6H2,(H,16,17)(H,18,19). The van der Waals surface area contributed by atoms with Crippen molar-refractivity contribution in [2.75, 3.05) is 11.9 Å². The van der Waals surface area contributed by atoms with E-state index in [0.717, 1.165) is 10.6 Å². The number of amides is 1. The molecular weight excluding hydrogens is 272 g/mol. The van der Waals surface area contributed by atoms with Crippen LogP contribution in [0.25, 0.3) is 0 Å². The quantitative estimate of drug-likeness (QED) is 0.789. The van der Waals surface area contributed by atoms with Crippen LogP contribution >= 0.6 is 11.6 Å². The third kappa shape index (κ3) is 3.08. The Balaban J connectivity index is 2.07. The van der Waals surface area contributed by atoms with Gasteiger partial charge in [-0.3, -0.25) is 4.90 Å². The summed E-state index contributed by atoms with van der Waals surface area (Å²) in [7, 11) is 0. The van der Waals surface area contributed by atoms with Gasteiger partial charge in [0.25, 0.3) is 0 Å². The largest absolute Gasteiger partial charge is 0.480 e. The van der Waals surface area contributed by atoms with Crippen LogP contribution in [0, 0.1) is 0 Å². The summed E-state index contributed by atoms with van der Waals surface area (Å²) in [4.78, 5) is 22.9. The zero-order valence-corrected chi connectivity index (χ0v) is 10.7. The lowest BCUT2D eigenvalue weighted by molar-refractivity contribution is -0.141. The van der Waals surface area contributed by atoms with Crippen molar-refractivity contribution in [2.45, 2.75) is 18.5 Å². The van der Waals surface area contributed by atoms with E-state index in [4.69, 9.17) is 21.8 Å². The number of likely N-dealkylation sites (tertiary alicyclic amines) is 1. The molecule has 1 amide bonds. The minimum Gasteiger partial charge on any atom is -0.480 e. The van der Waals surface area contributed by atoms with Crippen LogP contribution in [0.2, 0.25) is 5.02 Å². The van der Waals surface area contributed by atoms with Gasteiger partial charge in [-0.15, -0.1) is 0 Å². The molecule has 6 nitrogen and oxygen atoms in total. The second-order valence-corrected chi connectivity index (χ2v) is 4.81. The molecule has 1 saturated heterocycles. The van der Waals surface area contributed by atoms with Crippen LogP contribution < -0.4 is 5.32 Å². The number of anilines is 1. The van der Waals surface area contributed by atoms with Gasteiger partial charge in [-0.2, -0.15) is 0 Å². The molecule has 7 heteroatoms. The second kappa shape index (κ2) is 5.36. The molecule has 1 aromatic rings. The maximum atomic E-state index is 11.0. The molecule has 1 aliphatic heterocycles. The molecule has 2 atom stereocenters. The Morgan fingerprint density at radius 1 is 1.37 bits per heavy atom. The lowest BCUT2D eigenvalue weighted by Gasteiger charge is -2.17. The number of hydrogen-bond acceptors (Lipinski definition) is 3. The van der Waals surface area contributed by atoms with E-state index in [1.807, 2.05) is 0 Å². The molecule has 0 aliphatic carbocycles. The first-order chi connectivity index (χ1) is 8.97. The molecule has 1 heterocycles. The van der Waals surface area contributed by atoms with E-state index in [1.165, 1.54) is 0 Å². The molecule has 2 rings (SSSR count). The molecule has 1 fully saturated rings. The van der Waals surface area contributed by atoms with Crippen molar-refractivity contribution in [1.29, 1.82) is 0 Å². The minimum absolute atomic E-state index is 0.138. The van der Waals surface area contributed by atoms with Crippen LogP contribution in [-0.4, -0.2) is 45.8 Å². The highest BCUT2D eigenvalue weighted by Gasteiger charge is 2.39. The fourth-order valence-electron chi connectivity index (χ4n) is 2.20. The number of nitrogens with zero attached hydrogens (tertiary/aromatic N) is 1. The van der Waals surface area contributed by atoms with Crippen molar-refractivity contribution in [3.05, 3.63) is 29.3 Å². The van der Waals surface area contributed by atoms with Crippen molar-refractivity contribution >= 4 is 29.4 Å². The monoisotopic (exact) mass is 284 g/mol. The van der Waals surface area contributed by atoms with E-state index < -0.39 is 18.1 Å². The van der Waals surface area contributed by atoms with Gasteiger partial charge in [0.1, 0.15) is 6.04 Å². The molecule has 0 spiro atoms. The molecule has 1 aromatic carbocycles. The van der Waals surface area contributed by atoms with E-state index in [2.05, 4.69) is 5.32 Å². The lowest BCUT2D eigenvalue weighted by atomic mass is 10.1. The number of aliphatic carboxylic acids is 1. The van der Waals surface area contributed by atoms with Gasteiger partial charge < -0.3 is 15.5 Å². The van der Waals surface area contributed by atoms with Crippen molar-refractivity contribution in [3.8, 4) is 0 Å². The maximum Gasteiger partial charge on any atom is 0.408 e. The van der Waals surface area contributed by atoms with Gasteiger partial charge in [0, 0.05) is 29.7 Å². The van der Waals surface area contributed by atoms with Crippen molar-refractivity contribution in [3.63, 3.8) is 0 Å². The van der Waals surface area contributed by atoms with Crippen LogP contribution in [-0.2, 0) is 4.79 Å². The summed E-state index contributed by atoms with van der Waals surface area (Å²) in [5, 5.41) is 21.6. The van der Waals surface area contributed by atoms with Crippen molar-refractivity contribution < 1.29 is 19.8 Å². The molecule has 0 radical (unpaired) electrons. The van der Waals surface area contributed by atoms with Gasteiger partial charge in [0.15, 0.2) is 0 Å². The molecule has 0 saturated carbocycles. The Kier molecular flexibility index (Phi) is 3.80. The van der Waals surface area contributed by atoms with Crippen LogP contribution in [0.3, 0.4) is 0 Å². The number of halogens is 1. The predicted octanol–water partition coefficient (Wildman–Crippen LogP) is 1.96. The molecule has 19 heavy (non-hydrogen) atoms. The molecular formula is C12H13ClN2O4. The fraction of sp³-hybridized carbons (Fsp3) is 0.333. The molecule has 3 N–H and O–H groups in total. The van der Waals surface area contributed by atoms with Gasteiger partial charge in [0.05, 0.1) is 0 Å². The van der Waals surface area contributed by atoms with E-state index in [0.29, 0.717) is 5.02 Å². The first-order valence-electron chi connectivity index (χ1n) is 5.72. The fourth-order valence-corrected chi connectivity index (χ4v) is 2.39. The smallest absolute Gasteiger partial charge is 0.408 e. The van der Waals surface area contributed by atoms with Crippen LogP contribution in [0.15, 0.2) is 24.3 Å². The Morgan fingerprint density at radius 3 is 2.63 bits per heavy atom. The van der Waals surface area contributed by atoms with E-state index >= 15 is 0 Å². The van der Waals surface area contributed by atoms with Crippen molar-refractivity contribution in [1.82, 2.24) is 4.90 Å². The maximum absolute atomic E-state index is 11.0. The first kappa shape index (κ1) is 13.5. The summed E-state index contributed by atoms with van der Waals surface area (Å²) in [5.74, 6) is -1.13. The number of hydrogen-bond donors (Lipinski definition) is 3. The zero-order chi connectivity index (χ0) is 14.0. The van der Waals surface area contributed by atoms with Crippen LogP contribution in [0.5, 0.6) is 0 Å². The van der Waals surface area contributed by atoms with E-state index in [1.54, 1.807) is 24.3 Å². The van der Waals surface area contributed by atoms with Gasteiger partial charge in [-0.25, -0.2) is 9.59 Å². The highest BCUT2D eigenvalue weighted by molar-refractivity contribution is 6.30. The molecule has 102 valence electrons. The van der Waals surface area contributed by atoms with Crippen LogP contribution in [0.1, 0.15) is 6.42 Å². The summed E-state index contributed by atoms with van der Waals surface area (Å²) in [6, 6.07) is 5.75. The van der Waals surface area contributed by atoms with Crippen LogP contribution in [0.4, 0.5) is 10.5 Å². The minimum atomic E-state index is -1.22. The van der Waals surface area contributed by atoms with Gasteiger partial charge in [0.2, 0.25) is 0 Å². The van der Waals surface area contributed by atoms with E-state index in [-0.39, 0.29) is 19.0 Å². The summed E-state index contributed by atoms with van der Waals surface area (Å²) in [6.45, 7) is 0.138. The lowest BCUT2D eigenvalue weighted by Crippen LogP contribution is -2.39. The Morgan fingerprint density at radius 2 is 2.11 bits per heavy atom. The van der Waals surface area contributed by atoms with Gasteiger partial charge in [-0.1, -0.05) is 17.7 Å². The number of benzene rings is 1. The Hall–Kier alpha value is -1.95. The topological polar surface area (TPSA) is 89.9 Å². The number of carbonyl (C=O) groups is 2.